The lowest BCUT2D eigenvalue weighted by Gasteiger charge is -2.26. The number of carbonyl (C=O) groups excluding carboxylic acids is 1. The number of hydrogen-bond donors (Lipinski definition) is 0. The monoisotopic (exact) mass is 393 g/mol. The Kier molecular flexibility index (Phi) is 4.76. The predicted molar refractivity (Wildman–Crippen MR) is 111 cm³/mol. The number of rotatable bonds is 3. The molecule has 0 radical (unpaired) electrons. The highest BCUT2D eigenvalue weighted by Crippen LogP contribution is 2.24. The average Bonchev–Trinajstić information content (AvgIpc) is 3.25. The van der Waals surface area contributed by atoms with Crippen LogP contribution in [-0.4, -0.2) is 42.6 Å². The van der Waals surface area contributed by atoms with E-state index in [0.717, 1.165) is 29.9 Å². The molecule has 3 aromatic rings. The molecule has 1 amide bonds. The number of hydrogen-bond acceptors (Lipinski definition) is 4. The fourth-order valence-electron chi connectivity index (χ4n) is 3.98. The number of nitrogens with zero attached hydrogens (tertiary/aromatic N) is 5. The second kappa shape index (κ2) is 7.13. The van der Waals surface area contributed by atoms with Crippen molar-refractivity contribution in [2.75, 3.05) is 6.54 Å². The van der Waals surface area contributed by atoms with Gasteiger partial charge in [-0.15, -0.1) is 0 Å². The van der Waals surface area contributed by atoms with Crippen molar-refractivity contribution < 1.29 is 4.79 Å². The van der Waals surface area contributed by atoms with Crippen LogP contribution >= 0.6 is 0 Å². The van der Waals surface area contributed by atoms with Gasteiger partial charge in [0.05, 0.1) is 24.0 Å². The molecule has 7 nitrogen and oxygen atoms in total. The van der Waals surface area contributed by atoms with Crippen molar-refractivity contribution in [2.24, 2.45) is 0 Å². The molecule has 7 heteroatoms. The van der Waals surface area contributed by atoms with Crippen molar-refractivity contribution in [2.45, 2.75) is 58.5 Å². The first-order chi connectivity index (χ1) is 13.8. The molecule has 0 spiro atoms. The summed E-state index contributed by atoms with van der Waals surface area (Å²) in [5.74, 6) is -0.0382. The molecule has 4 heterocycles. The molecule has 1 saturated heterocycles. The van der Waals surface area contributed by atoms with Crippen molar-refractivity contribution in [3.63, 3.8) is 0 Å². The maximum Gasteiger partial charge on any atom is 0.273 e. The molecule has 0 aliphatic carbocycles. The fourth-order valence-corrected chi connectivity index (χ4v) is 3.98. The van der Waals surface area contributed by atoms with Crippen LogP contribution < -0.4 is 5.56 Å². The van der Waals surface area contributed by atoms with Crippen LogP contribution in [0.15, 0.2) is 41.3 Å². The lowest BCUT2D eigenvalue weighted by atomic mass is 9.92. The lowest BCUT2D eigenvalue weighted by Crippen LogP contribution is -2.41. The number of amides is 1. The molecule has 0 bridgehead atoms. The Labute approximate surface area is 170 Å². The third-order valence-corrected chi connectivity index (χ3v) is 5.56. The minimum Gasteiger partial charge on any atom is -0.332 e. The Balaban J connectivity index is 1.64. The SMILES string of the molecule is Cc1nc2ccccn2c1C(=O)N1CCCC1Cn1nc(C(C)(C)C)ccc1=O. The van der Waals surface area contributed by atoms with Crippen molar-refractivity contribution in [1.29, 1.82) is 0 Å². The summed E-state index contributed by atoms with van der Waals surface area (Å²) in [6.45, 7) is 9.17. The smallest absolute Gasteiger partial charge is 0.273 e. The second-order valence-electron chi connectivity index (χ2n) is 8.76. The molecule has 4 rings (SSSR count). The van der Waals surface area contributed by atoms with Crippen LogP contribution in [0.5, 0.6) is 0 Å². The van der Waals surface area contributed by atoms with Crippen molar-refractivity contribution >= 4 is 11.6 Å². The van der Waals surface area contributed by atoms with Gasteiger partial charge in [0.1, 0.15) is 11.3 Å². The maximum atomic E-state index is 13.4. The summed E-state index contributed by atoms with van der Waals surface area (Å²) < 4.78 is 3.36. The summed E-state index contributed by atoms with van der Waals surface area (Å²) in [6.07, 6.45) is 3.64. The zero-order valence-electron chi connectivity index (χ0n) is 17.4. The molecule has 1 aliphatic heterocycles. The molecule has 0 N–H and O–H groups in total. The highest BCUT2D eigenvalue weighted by atomic mass is 16.2. The van der Waals surface area contributed by atoms with Gasteiger partial charge in [-0.25, -0.2) is 9.67 Å². The first-order valence-corrected chi connectivity index (χ1v) is 10.1. The minimum atomic E-state index is -0.145. The Hall–Kier alpha value is -2.96. The topological polar surface area (TPSA) is 72.5 Å². The number of pyridine rings is 1. The highest BCUT2D eigenvalue weighted by molar-refractivity contribution is 5.95. The Morgan fingerprint density at radius 3 is 2.76 bits per heavy atom. The summed E-state index contributed by atoms with van der Waals surface area (Å²) in [5, 5.41) is 4.58. The molecule has 1 atom stereocenters. The van der Waals surface area contributed by atoms with E-state index < -0.39 is 0 Å². The van der Waals surface area contributed by atoms with Gasteiger partial charge in [-0.1, -0.05) is 26.8 Å². The van der Waals surface area contributed by atoms with Gasteiger partial charge in [-0.05, 0) is 38.0 Å². The van der Waals surface area contributed by atoms with Gasteiger partial charge in [0, 0.05) is 24.2 Å². The number of carbonyl (C=O) groups is 1. The zero-order chi connectivity index (χ0) is 20.8. The Bertz CT molecular complexity index is 1120. The van der Waals surface area contributed by atoms with E-state index in [0.29, 0.717) is 18.8 Å². The van der Waals surface area contributed by atoms with Crippen LogP contribution in [0.3, 0.4) is 0 Å². The van der Waals surface area contributed by atoms with Gasteiger partial charge in [0.15, 0.2) is 0 Å². The minimum absolute atomic E-state index is 0.0382. The van der Waals surface area contributed by atoms with E-state index >= 15 is 0 Å². The van der Waals surface area contributed by atoms with Crippen LogP contribution in [-0.2, 0) is 12.0 Å². The van der Waals surface area contributed by atoms with Gasteiger partial charge in [0.2, 0.25) is 0 Å². The largest absolute Gasteiger partial charge is 0.332 e. The number of likely N-dealkylation sites (tertiary alicyclic amines) is 1. The Morgan fingerprint density at radius 1 is 1.21 bits per heavy atom. The summed E-state index contributed by atoms with van der Waals surface area (Å²) >= 11 is 0. The van der Waals surface area contributed by atoms with E-state index in [2.05, 4.69) is 30.9 Å². The van der Waals surface area contributed by atoms with E-state index in [1.54, 1.807) is 12.1 Å². The van der Waals surface area contributed by atoms with Gasteiger partial charge < -0.3 is 4.90 Å². The van der Waals surface area contributed by atoms with Crippen molar-refractivity contribution in [1.82, 2.24) is 24.1 Å². The highest BCUT2D eigenvalue weighted by Gasteiger charge is 2.33. The molecular formula is C22H27N5O2. The van der Waals surface area contributed by atoms with Gasteiger partial charge in [0.25, 0.3) is 11.5 Å². The number of aromatic nitrogens is 4. The van der Waals surface area contributed by atoms with Gasteiger partial charge >= 0.3 is 0 Å². The molecule has 1 aliphatic rings. The van der Waals surface area contributed by atoms with Crippen LogP contribution in [0.1, 0.15) is 55.5 Å². The van der Waals surface area contributed by atoms with Crippen LogP contribution in [0, 0.1) is 6.92 Å². The summed E-state index contributed by atoms with van der Waals surface area (Å²) in [7, 11) is 0. The van der Waals surface area contributed by atoms with E-state index in [-0.39, 0.29) is 22.9 Å². The van der Waals surface area contributed by atoms with E-state index in [9.17, 15) is 9.59 Å². The average molecular weight is 393 g/mol. The van der Waals surface area contributed by atoms with Gasteiger partial charge in [-0.3, -0.25) is 14.0 Å². The quantitative estimate of drug-likeness (QED) is 0.686. The lowest BCUT2D eigenvalue weighted by molar-refractivity contribution is 0.0712. The predicted octanol–water partition coefficient (Wildman–Crippen LogP) is 2.80. The summed E-state index contributed by atoms with van der Waals surface area (Å²) in [6, 6.07) is 9.01. The van der Waals surface area contributed by atoms with Gasteiger partial charge in [-0.2, -0.15) is 5.10 Å². The maximum absolute atomic E-state index is 13.4. The van der Waals surface area contributed by atoms with Crippen molar-refractivity contribution in [3.05, 3.63) is 64.0 Å². The van der Waals surface area contributed by atoms with Crippen molar-refractivity contribution in [3.8, 4) is 0 Å². The van der Waals surface area contributed by atoms with Crippen LogP contribution in [0.25, 0.3) is 5.65 Å². The van der Waals surface area contributed by atoms with E-state index in [4.69, 9.17) is 0 Å². The second-order valence-corrected chi connectivity index (χ2v) is 8.76. The number of imidazole rings is 1. The molecule has 1 fully saturated rings. The number of aryl methyl sites for hydroxylation is 1. The molecule has 1 unspecified atom stereocenters. The third-order valence-electron chi connectivity index (χ3n) is 5.56. The first kappa shape index (κ1) is 19.4. The Morgan fingerprint density at radius 2 is 2.00 bits per heavy atom. The van der Waals surface area contributed by atoms with Crippen LogP contribution in [0.4, 0.5) is 0 Å². The standard InChI is InChI=1S/C22H27N5O2/c1-15-20(26-12-6-5-9-18(26)23-15)21(29)25-13-7-8-16(25)14-27-19(28)11-10-17(24-27)22(2,3)4/h5-6,9-12,16H,7-8,13-14H2,1-4H3. The molecule has 0 aromatic carbocycles. The first-order valence-electron chi connectivity index (χ1n) is 10.1. The number of fused-ring (bicyclic) bond motifs is 1. The molecule has 3 aromatic heterocycles. The van der Waals surface area contributed by atoms with E-state index in [1.165, 1.54) is 4.68 Å². The summed E-state index contributed by atoms with van der Waals surface area (Å²) in [4.78, 5) is 32.2. The molecule has 0 saturated carbocycles. The normalized spacial score (nSPS) is 17.2. The molecule has 152 valence electrons. The van der Waals surface area contributed by atoms with E-state index in [1.807, 2.05) is 40.6 Å². The molecular weight excluding hydrogens is 366 g/mol. The fraction of sp³-hybridized carbons (Fsp3) is 0.455. The van der Waals surface area contributed by atoms with Crippen LogP contribution in [0.2, 0.25) is 0 Å². The summed E-state index contributed by atoms with van der Waals surface area (Å²) in [5.41, 5.74) is 2.66. The molecule has 29 heavy (non-hydrogen) atoms. The zero-order valence-corrected chi connectivity index (χ0v) is 17.4. The third kappa shape index (κ3) is 3.57.